The van der Waals surface area contributed by atoms with Gasteiger partial charge in [0.1, 0.15) is 11.6 Å². The van der Waals surface area contributed by atoms with Crippen LogP contribution < -0.4 is 0 Å². The number of nitrogens with zero attached hydrogens (tertiary/aromatic N) is 1. The number of hydrogen-bond acceptors (Lipinski definition) is 6. The zero-order chi connectivity index (χ0) is 22.4. The number of carbonyl (C=O) groups excluding carboxylic acids is 3. The molecule has 1 atom stereocenters. The van der Waals surface area contributed by atoms with Gasteiger partial charge in [0.05, 0.1) is 17.9 Å². The summed E-state index contributed by atoms with van der Waals surface area (Å²) >= 11 is 0. The Hall–Kier alpha value is -3.66. The monoisotopic (exact) mass is 408 g/mol. The minimum atomic E-state index is -1.15. The minimum Gasteiger partial charge on any atom is -0.462 e. The summed E-state index contributed by atoms with van der Waals surface area (Å²) in [5.41, 5.74) is 2.87. The van der Waals surface area contributed by atoms with Crippen LogP contribution in [-0.2, 0) is 14.3 Å². The quantitative estimate of drug-likeness (QED) is 0.323. The van der Waals surface area contributed by atoms with Crippen molar-refractivity contribution < 1.29 is 23.9 Å². The molecule has 0 aliphatic carbocycles. The molecule has 0 bridgehead atoms. The molecule has 1 aromatic carbocycles. The van der Waals surface area contributed by atoms with Crippen molar-refractivity contribution in [3.05, 3.63) is 63.5 Å². The van der Waals surface area contributed by atoms with E-state index in [1.807, 2.05) is 25.1 Å². The second-order valence-electron chi connectivity index (χ2n) is 6.84. The number of benzene rings is 1. The minimum absolute atomic E-state index is 0.164. The molecule has 2 aromatic rings. The van der Waals surface area contributed by atoms with Crippen molar-refractivity contribution in [2.24, 2.45) is 0 Å². The van der Waals surface area contributed by atoms with Gasteiger partial charge in [-0.25, -0.2) is 9.59 Å². The van der Waals surface area contributed by atoms with Gasteiger partial charge in [-0.1, -0.05) is 29.8 Å². The summed E-state index contributed by atoms with van der Waals surface area (Å²) in [6.07, 6.45) is 0.251. The van der Waals surface area contributed by atoms with Crippen LogP contribution in [0.3, 0.4) is 0 Å². The molecule has 0 aliphatic heterocycles. The van der Waals surface area contributed by atoms with Crippen LogP contribution in [0.1, 0.15) is 57.1 Å². The number of nitriles is 1. The zero-order valence-electron chi connectivity index (χ0n) is 17.7. The molecular weight excluding hydrogens is 384 g/mol. The highest BCUT2D eigenvalue weighted by Crippen LogP contribution is 2.21. The first-order valence-electron chi connectivity index (χ1n) is 9.49. The number of esters is 2. The first kappa shape index (κ1) is 22.6. The summed E-state index contributed by atoms with van der Waals surface area (Å²) in [6, 6.07) is 9.07. The molecule has 0 spiro atoms. The van der Waals surface area contributed by atoms with Crippen LogP contribution in [0.5, 0.6) is 0 Å². The molecule has 7 nitrogen and oxygen atoms in total. The van der Waals surface area contributed by atoms with Crippen molar-refractivity contribution in [2.45, 2.75) is 40.7 Å². The molecule has 7 heteroatoms. The topological polar surface area (TPSA) is 109 Å². The Morgan fingerprint density at radius 2 is 1.80 bits per heavy atom. The molecule has 0 aliphatic rings. The van der Waals surface area contributed by atoms with Crippen molar-refractivity contribution in [3.8, 4) is 6.07 Å². The van der Waals surface area contributed by atoms with Crippen LogP contribution in [0, 0.1) is 32.1 Å². The lowest BCUT2D eigenvalue weighted by Crippen LogP contribution is -2.26. The van der Waals surface area contributed by atoms with Gasteiger partial charge in [-0.05, 0) is 51.8 Å². The van der Waals surface area contributed by atoms with Gasteiger partial charge in [0.15, 0.2) is 6.10 Å². The van der Waals surface area contributed by atoms with Gasteiger partial charge in [-0.15, -0.1) is 0 Å². The molecule has 156 valence electrons. The normalized spacial score (nSPS) is 12.1. The number of aromatic nitrogens is 1. The first-order chi connectivity index (χ1) is 14.2. The molecule has 2 rings (SSSR count). The lowest BCUT2D eigenvalue weighted by atomic mass is 10.1. The Morgan fingerprint density at radius 1 is 1.17 bits per heavy atom. The van der Waals surface area contributed by atoms with Crippen LogP contribution in [0.4, 0.5) is 0 Å². The Bertz CT molecular complexity index is 1040. The second-order valence-corrected chi connectivity index (χ2v) is 6.84. The molecule has 1 aromatic heterocycles. The third kappa shape index (κ3) is 5.03. The summed E-state index contributed by atoms with van der Waals surface area (Å²) in [5.74, 6) is -1.93. The molecule has 1 heterocycles. The molecule has 0 radical (unpaired) electrons. The second kappa shape index (κ2) is 9.70. The van der Waals surface area contributed by atoms with E-state index < -0.39 is 23.8 Å². The lowest BCUT2D eigenvalue weighted by molar-refractivity contribution is -0.141. The number of aromatic amines is 1. The van der Waals surface area contributed by atoms with Gasteiger partial charge in [0.2, 0.25) is 5.78 Å². The lowest BCUT2D eigenvalue weighted by Gasteiger charge is -2.12. The van der Waals surface area contributed by atoms with Crippen molar-refractivity contribution >= 4 is 23.8 Å². The largest absolute Gasteiger partial charge is 0.462 e. The Balaban J connectivity index is 2.20. The molecule has 1 N–H and O–H groups in total. The van der Waals surface area contributed by atoms with E-state index in [1.165, 1.54) is 13.0 Å². The van der Waals surface area contributed by atoms with Gasteiger partial charge >= 0.3 is 11.9 Å². The number of nitrogens with one attached hydrogen (secondary N) is 1. The van der Waals surface area contributed by atoms with E-state index >= 15 is 0 Å². The standard InChI is InChI=1S/C23H24N2O5/c1-6-29-23(28)19-14(3)20(25-15(19)4)21(26)16(5)30-22(27)18(12-24)11-17-9-7-13(2)8-10-17/h7-11,16,25H,6H2,1-5H3/b18-11+/t16-/m1/s1. The van der Waals surface area contributed by atoms with E-state index in [0.717, 1.165) is 5.56 Å². The summed E-state index contributed by atoms with van der Waals surface area (Å²) < 4.78 is 10.2. The summed E-state index contributed by atoms with van der Waals surface area (Å²) in [7, 11) is 0. The Labute approximate surface area is 175 Å². The Morgan fingerprint density at radius 3 is 2.37 bits per heavy atom. The van der Waals surface area contributed by atoms with Crippen molar-refractivity contribution in [2.75, 3.05) is 6.61 Å². The molecule has 0 amide bonds. The number of rotatable bonds is 7. The molecular formula is C23H24N2O5. The summed E-state index contributed by atoms with van der Waals surface area (Å²) in [5, 5.41) is 9.31. The van der Waals surface area contributed by atoms with Gasteiger partial charge in [0.25, 0.3) is 0 Å². The number of H-pyrrole nitrogens is 1. The number of ketones is 1. The van der Waals surface area contributed by atoms with E-state index in [9.17, 15) is 19.6 Å². The predicted octanol–water partition coefficient (Wildman–Crippen LogP) is 3.84. The smallest absolute Gasteiger partial charge is 0.349 e. The van der Waals surface area contributed by atoms with Gasteiger partial charge in [-0.2, -0.15) is 5.26 Å². The van der Waals surface area contributed by atoms with E-state index in [1.54, 1.807) is 32.9 Å². The maximum absolute atomic E-state index is 12.8. The van der Waals surface area contributed by atoms with Crippen molar-refractivity contribution in [1.29, 1.82) is 5.26 Å². The summed E-state index contributed by atoms with van der Waals surface area (Å²) in [4.78, 5) is 40.2. The highest BCUT2D eigenvalue weighted by Gasteiger charge is 2.28. The number of Topliss-reactive ketones (excluding diaryl/α,β-unsaturated/α-hetero) is 1. The van der Waals surface area contributed by atoms with Gasteiger partial charge in [-0.3, -0.25) is 4.79 Å². The predicted molar refractivity (Wildman–Crippen MR) is 111 cm³/mol. The van der Waals surface area contributed by atoms with Crippen molar-refractivity contribution in [3.63, 3.8) is 0 Å². The van der Waals surface area contributed by atoms with Crippen LogP contribution in [-0.4, -0.2) is 35.4 Å². The fourth-order valence-electron chi connectivity index (χ4n) is 2.95. The van der Waals surface area contributed by atoms with Crippen LogP contribution in [0.2, 0.25) is 0 Å². The SMILES string of the molecule is CCOC(=O)c1c(C)[nH]c(C(=O)[C@@H](C)OC(=O)/C(C#N)=C/c2ccc(C)cc2)c1C. The molecule has 0 unspecified atom stereocenters. The molecule has 0 fully saturated rings. The van der Waals surface area contributed by atoms with Crippen molar-refractivity contribution in [1.82, 2.24) is 4.98 Å². The first-order valence-corrected chi connectivity index (χ1v) is 9.49. The van der Waals surface area contributed by atoms with Gasteiger partial charge in [0, 0.05) is 5.69 Å². The molecule has 0 saturated carbocycles. The van der Waals surface area contributed by atoms with Gasteiger partial charge < -0.3 is 14.5 Å². The van der Waals surface area contributed by atoms with Crippen LogP contribution in [0.15, 0.2) is 29.8 Å². The highest BCUT2D eigenvalue weighted by molar-refractivity contribution is 6.05. The molecule has 30 heavy (non-hydrogen) atoms. The maximum Gasteiger partial charge on any atom is 0.349 e. The molecule has 0 saturated heterocycles. The summed E-state index contributed by atoms with van der Waals surface area (Å²) in [6.45, 7) is 8.53. The third-order valence-electron chi connectivity index (χ3n) is 4.55. The average molecular weight is 408 g/mol. The Kier molecular flexibility index (Phi) is 7.32. The number of hydrogen-bond donors (Lipinski definition) is 1. The number of aryl methyl sites for hydroxylation is 2. The zero-order valence-corrected chi connectivity index (χ0v) is 17.7. The third-order valence-corrected chi connectivity index (χ3v) is 4.55. The maximum atomic E-state index is 12.8. The van der Waals surface area contributed by atoms with E-state index in [4.69, 9.17) is 9.47 Å². The fraction of sp³-hybridized carbons (Fsp3) is 0.304. The van der Waals surface area contributed by atoms with Crippen LogP contribution >= 0.6 is 0 Å². The fourth-order valence-corrected chi connectivity index (χ4v) is 2.95. The number of carbonyl (C=O) groups is 3. The van der Waals surface area contributed by atoms with E-state index in [0.29, 0.717) is 16.8 Å². The highest BCUT2D eigenvalue weighted by atomic mass is 16.5. The van der Waals surface area contributed by atoms with E-state index in [2.05, 4.69) is 4.98 Å². The van der Waals surface area contributed by atoms with Crippen LogP contribution in [0.25, 0.3) is 6.08 Å². The number of ether oxygens (including phenoxy) is 2. The average Bonchev–Trinajstić information content (AvgIpc) is 3.00. The van der Waals surface area contributed by atoms with E-state index in [-0.39, 0.29) is 23.4 Å².